The topological polar surface area (TPSA) is 110 Å². The third kappa shape index (κ3) is 3.21. The van der Waals surface area contributed by atoms with Crippen molar-refractivity contribution < 1.29 is 19.2 Å². The number of nitrogens with zero attached hydrogens (tertiary/aromatic N) is 2. The number of hydrogen-bond donors (Lipinski definition) is 2. The number of aliphatic hydroxyl groups is 1. The molecule has 0 saturated carbocycles. The molecule has 0 aromatic heterocycles. The Kier molecular flexibility index (Phi) is 4.98. The fourth-order valence-electron chi connectivity index (χ4n) is 1.79. The van der Waals surface area contributed by atoms with E-state index < -0.39 is 22.3 Å². The molecule has 8 heteroatoms. The molecule has 0 heterocycles. The molecule has 1 aromatic rings. The lowest BCUT2D eigenvalue weighted by Gasteiger charge is -2.26. The van der Waals surface area contributed by atoms with Gasteiger partial charge in [-0.2, -0.15) is 0 Å². The molecular formula is C12H16FN3O4. The summed E-state index contributed by atoms with van der Waals surface area (Å²) in [7, 11) is 0. The van der Waals surface area contributed by atoms with E-state index >= 15 is 0 Å². The lowest BCUT2D eigenvalue weighted by atomic mass is 10.1. The zero-order valence-electron chi connectivity index (χ0n) is 11.2. The SMILES string of the molecule is CC(C)N(CCO)C(=O)c1cc(F)cc([N+](=O)[O-])c1N. The van der Waals surface area contributed by atoms with Crippen molar-refractivity contribution in [3.8, 4) is 0 Å². The lowest BCUT2D eigenvalue weighted by molar-refractivity contribution is -0.384. The molecule has 0 aliphatic rings. The van der Waals surface area contributed by atoms with Crippen molar-refractivity contribution >= 4 is 17.3 Å². The minimum atomic E-state index is -0.915. The zero-order chi connectivity index (χ0) is 15.4. The number of nitro groups is 1. The molecule has 1 aromatic carbocycles. The number of nitrogen functional groups attached to an aromatic ring is 1. The number of aliphatic hydroxyl groups excluding tert-OH is 1. The summed E-state index contributed by atoms with van der Waals surface area (Å²) in [5.74, 6) is -1.57. The third-order valence-corrected chi connectivity index (χ3v) is 2.78. The summed E-state index contributed by atoms with van der Waals surface area (Å²) in [6.07, 6.45) is 0. The Bertz CT molecular complexity index is 534. The van der Waals surface area contributed by atoms with Crippen molar-refractivity contribution in [3.63, 3.8) is 0 Å². The fraction of sp³-hybridized carbons (Fsp3) is 0.417. The fourth-order valence-corrected chi connectivity index (χ4v) is 1.79. The normalized spacial score (nSPS) is 10.7. The van der Waals surface area contributed by atoms with Gasteiger partial charge in [-0.05, 0) is 19.9 Å². The van der Waals surface area contributed by atoms with E-state index in [0.29, 0.717) is 6.07 Å². The van der Waals surface area contributed by atoms with Gasteiger partial charge >= 0.3 is 0 Å². The van der Waals surface area contributed by atoms with Crippen LogP contribution in [0.15, 0.2) is 12.1 Å². The van der Waals surface area contributed by atoms with Gasteiger partial charge in [0, 0.05) is 12.6 Å². The number of carbonyl (C=O) groups is 1. The van der Waals surface area contributed by atoms with Crippen molar-refractivity contribution in [3.05, 3.63) is 33.6 Å². The number of amides is 1. The second-order valence-electron chi connectivity index (χ2n) is 4.46. The molecule has 0 radical (unpaired) electrons. The number of halogens is 1. The molecule has 0 spiro atoms. The monoisotopic (exact) mass is 285 g/mol. The van der Waals surface area contributed by atoms with Crippen LogP contribution in [-0.4, -0.2) is 40.0 Å². The molecule has 1 rings (SSSR count). The first-order valence-corrected chi connectivity index (χ1v) is 5.94. The number of nitro benzene ring substituents is 1. The zero-order valence-corrected chi connectivity index (χ0v) is 11.2. The molecule has 0 fully saturated rings. The number of hydrogen-bond acceptors (Lipinski definition) is 5. The molecule has 7 nitrogen and oxygen atoms in total. The first-order chi connectivity index (χ1) is 9.29. The minimum absolute atomic E-state index is 0.0280. The van der Waals surface area contributed by atoms with E-state index in [9.17, 15) is 19.3 Å². The van der Waals surface area contributed by atoms with Gasteiger partial charge in [0.2, 0.25) is 0 Å². The maximum Gasteiger partial charge on any atom is 0.295 e. The highest BCUT2D eigenvalue weighted by Crippen LogP contribution is 2.28. The Morgan fingerprint density at radius 1 is 1.55 bits per heavy atom. The van der Waals surface area contributed by atoms with Crippen molar-refractivity contribution in [1.29, 1.82) is 0 Å². The van der Waals surface area contributed by atoms with E-state index in [0.717, 1.165) is 6.07 Å². The van der Waals surface area contributed by atoms with Gasteiger partial charge in [-0.3, -0.25) is 14.9 Å². The van der Waals surface area contributed by atoms with E-state index in [-0.39, 0.29) is 30.4 Å². The lowest BCUT2D eigenvalue weighted by Crippen LogP contribution is -2.39. The summed E-state index contributed by atoms with van der Waals surface area (Å²) >= 11 is 0. The highest BCUT2D eigenvalue weighted by atomic mass is 19.1. The van der Waals surface area contributed by atoms with Crippen molar-refractivity contribution in [2.75, 3.05) is 18.9 Å². The second kappa shape index (κ2) is 6.29. The van der Waals surface area contributed by atoms with Gasteiger partial charge in [0.05, 0.1) is 23.2 Å². The summed E-state index contributed by atoms with van der Waals surface area (Å²) in [6.45, 7) is 3.16. The van der Waals surface area contributed by atoms with E-state index in [1.165, 1.54) is 4.90 Å². The molecule has 0 saturated heterocycles. The van der Waals surface area contributed by atoms with Crippen LogP contribution >= 0.6 is 0 Å². The van der Waals surface area contributed by atoms with Gasteiger partial charge in [0.25, 0.3) is 11.6 Å². The largest absolute Gasteiger partial charge is 0.395 e. The quantitative estimate of drug-likeness (QED) is 0.479. The first kappa shape index (κ1) is 15.8. The Morgan fingerprint density at radius 2 is 2.15 bits per heavy atom. The average molecular weight is 285 g/mol. The molecule has 1 amide bonds. The van der Waals surface area contributed by atoms with E-state index in [4.69, 9.17) is 10.8 Å². The smallest absolute Gasteiger partial charge is 0.295 e. The summed E-state index contributed by atoms with van der Waals surface area (Å²) in [6, 6.07) is 1.26. The van der Waals surface area contributed by atoms with Gasteiger partial charge in [-0.1, -0.05) is 0 Å². The van der Waals surface area contributed by atoms with Crippen LogP contribution in [0.3, 0.4) is 0 Å². The van der Waals surface area contributed by atoms with Gasteiger partial charge < -0.3 is 15.7 Å². The molecule has 0 bridgehead atoms. The molecule has 0 unspecified atom stereocenters. The summed E-state index contributed by atoms with van der Waals surface area (Å²) in [4.78, 5) is 23.5. The van der Waals surface area contributed by atoms with Crippen molar-refractivity contribution in [2.45, 2.75) is 19.9 Å². The van der Waals surface area contributed by atoms with Crippen molar-refractivity contribution in [1.82, 2.24) is 4.90 Å². The van der Waals surface area contributed by atoms with Crippen LogP contribution in [0.4, 0.5) is 15.8 Å². The summed E-state index contributed by atoms with van der Waals surface area (Å²) in [5, 5.41) is 19.7. The number of rotatable bonds is 5. The van der Waals surface area contributed by atoms with Crippen LogP contribution in [0.1, 0.15) is 24.2 Å². The van der Waals surface area contributed by atoms with Gasteiger partial charge in [0.15, 0.2) is 0 Å². The summed E-state index contributed by atoms with van der Waals surface area (Å²) < 4.78 is 13.4. The predicted octanol–water partition coefficient (Wildman–Crippen LogP) is 1.16. The number of carbonyl (C=O) groups excluding carboxylic acids is 1. The highest BCUT2D eigenvalue weighted by Gasteiger charge is 2.26. The molecule has 3 N–H and O–H groups in total. The second-order valence-corrected chi connectivity index (χ2v) is 4.46. The van der Waals surface area contributed by atoms with Crippen LogP contribution in [0.5, 0.6) is 0 Å². The Morgan fingerprint density at radius 3 is 2.60 bits per heavy atom. The summed E-state index contributed by atoms with van der Waals surface area (Å²) in [5.41, 5.74) is 4.25. The predicted molar refractivity (Wildman–Crippen MR) is 70.7 cm³/mol. The molecular weight excluding hydrogens is 269 g/mol. The standard InChI is InChI=1S/C12H16FN3O4/c1-7(2)15(3-4-17)12(18)9-5-8(13)6-10(11(9)14)16(19)20/h5-7,17H,3-4,14H2,1-2H3. The molecule has 20 heavy (non-hydrogen) atoms. The molecule has 0 aliphatic carbocycles. The Labute approximate surface area is 114 Å². The van der Waals surface area contributed by atoms with Crippen LogP contribution in [-0.2, 0) is 0 Å². The third-order valence-electron chi connectivity index (χ3n) is 2.78. The first-order valence-electron chi connectivity index (χ1n) is 5.94. The van der Waals surface area contributed by atoms with Gasteiger partial charge in [0.1, 0.15) is 11.5 Å². The van der Waals surface area contributed by atoms with Gasteiger partial charge in [-0.25, -0.2) is 4.39 Å². The van der Waals surface area contributed by atoms with Crippen LogP contribution in [0.25, 0.3) is 0 Å². The minimum Gasteiger partial charge on any atom is -0.395 e. The number of anilines is 1. The van der Waals surface area contributed by atoms with Crippen LogP contribution in [0.2, 0.25) is 0 Å². The van der Waals surface area contributed by atoms with E-state index in [1.807, 2.05) is 0 Å². The van der Waals surface area contributed by atoms with E-state index in [1.54, 1.807) is 13.8 Å². The van der Waals surface area contributed by atoms with Crippen LogP contribution < -0.4 is 5.73 Å². The van der Waals surface area contributed by atoms with E-state index in [2.05, 4.69) is 0 Å². The molecule has 0 aliphatic heterocycles. The maximum atomic E-state index is 13.4. The molecule has 0 atom stereocenters. The van der Waals surface area contributed by atoms with Gasteiger partial charge in [-0.15, -0.1) is 0 Å². The maximum absolute atomic E-state index is 13.4. The van der Waals surface area contributed by atoms with Crippen LogP contribution in [0, 0.1) is 15.9 Å². The Balaban J connectivity index is 3.31. The average Bonchev–Trinajstić information content (AvgIpc) is 2.36. The number of benzene rings is 1. The number of nitrogens with two attached hydrogens (primary N) is 1. The highest BCUT2D eigenvalue weighted by molar-refractivity contribution is 6.01. The van der Waals surface area contributed by atoms with Crippen molar-refractivity contribution in [2.24, 2.45) is 0 Å². The molecule has 110 valence electrons. The Hall–Kier alpha value is -2.22.